The van der Waals surface area contributed by atoms with E-state index in [1.54, 1.807) is 0 Å². The Morgan fingerprint density at radius 2 is 1.89 bits per heavy atom. The first-order valence-electron chi connectivity index (χ1n) is 6.59. The number of benzene rings is 2. The maximum atomic E-state index is 6.25. The maximum Gasteiger partial charge on any atom is 0.0674 e. The van der Waals surface area contributed by atoms with Crippen molar-refractivity contribution in [3.63, 3.8) is 0 Å². The van der Waals surface area contributed by atoms with Crippen molar-refractivity contribution in [2.75, 3.05) is 18.5 Å². The van der Waals surface area contributed by atoms with Crippen LogP contribution >= 0.6 is 11.6 Å². The van der Waals surface area contributed by atoms with Crippen molar-refractivity contribution in [2.45, 2.75) is 19.9 Å². The minimum absolute atomic E-state index is 0.154. The van der Waals surface area contributed by atoms with E-state index < -0.39 is 0 Å². The Morgan fingerprint density at radius 3 is 2.58 bits per heavy atom. The van der Waals surface area contributed by atoms with E-state index in [1.807, 2.05) is 18.2 Å². The van der Waals surface area contributed by atoms with Gasteiger partial charge in [-0.15, -0.1) is 0 Å². The quantitative estimate of drug-likeness (QED) is 0.881. The highest BCUT2D eigenvalue weighted by molar-refractivity contribution is 6.36. The molecule has 1 aliphatic heterocycles. The molecule has 1 aliphatic rings. The third-order valence-electron chi connectivity index (χ3n) is 3.90. The average molecular weight is 276 g/mol. The highest BCUT2D eigenvalue weighted by atomic mass is 35.5. The monoisotopic (exact) mass is 275 g/mol. The fourth-order valence-electron chi connectivity index (χ4n) is 2.58. The van der Waals surface area contributed by atoms with Crippen molar-refractivity contribution in [1.82, 2.24) is 0 Å². The summed E-state index contributed by atoms with van der Waals surface area (Å²) in [6, 6.07) is 12.6. The van der Waals surface area contributed by atoms with Crippen molar-refractivity contribution < 1.29 is 4.74 Å². The first-order valence-corrected chi connectivity index (χ1v) is 6.97. The lowest BCUT2D eigenvalue weighted by molar-refractivity contribution is 0.167. The molecule has 3 rings (SSSR count). The molecule has 3 heteroatoms. The number of hydrogen-bond acceptors (Lipinski definition) is 2. The zero-order valence-electron chi connectivity index (χ0n) is 11.2. The Morgan fingerprint density at radius 1 is 1.16 bits per heavy atom. The summed E-state index contributed by atoms with van der Waals surface area (Å²) in [5, 5.41) is 6.67. The minimum Gasteiger partial charge on any atom is -0.379 e. The fraction of sp³-hybridized carbons (Fsp3) is 0.375. The number of halogens is 1. The summed E-state index contributed by atoms with van der Waals surface area (Å²) < 4.78 is 5.59. The maximum absolute atomic E-state index is 6.25. The number of ether oxygens (including phenoxy) is 1. The molecule has 2 aromatic rings. The molecular formula is C16H18ClNO. The average Bonchev–Trinajstić information content (AvgIpc) is 2.72. The molecular weight excluding hydrogens is 258 g/mol. The van der Waals surface area contributed by atoms with Gasteiger partial charge in [-0.25, -0.2) is 0 Å². The second-order valence-corrected chi connectivity index (χ2v) is 6.25. The summed E-state index contributed by atoms with van der Waals surface area (Å²) in [6.07, 6.45) is 0. The van der Waals surface area contributed by atoms with Gasteiger partial charge >= 0.3 is 0 Å². The lowest BCUT2D eigenvalue weighted by Crippen LogP contribution is -2.34. The predicted molar refractivity (Wildman–Crippen MR) is 81.0 cm³/mol. The van der Waals surface area contributed by atoms with E-state index in [2.05, 4.69) is 37.4 Å². The number of rotatable bonds is 2. The summed E-state index contributed by atoms with van der Waals surface area (Å²) in [4.78, 5) is 0. The molecule has 2 aromatic carbocycles. The van der Waals surface area contributed by atoms with E-state index in [0.717, 1.165) is 34.7 Å². The van der Waals surface area contributed by atoms with Gasteiger partial charge in [0.05, 0.1) is 19.3 Å². The zero-order chi connectivity index (χ0) is 13.5. The highest BCUT2D eigenvalue weighted by Gasteiger charge is 2.35. The molecule has 0 bridgehead atoms. The number of fused-ring (bicyclic) bond motifs is 1. The highest BCUT2D eigenvalue weighted by Crippen LogP contribution is 2.34. The Labute approximate surface area is 118 Å². The van der Waals surface area contributed by atoms with Crippen LogP contribution in [0.25, 0.3) is 10.8 Å². The first-order chi connectivity index (χ1) is 9.08. The molecule has 1 unspecified atom stereocenters. The molecule has 0 saturated carbocycles. The Kier molecular flexibility index (Phi) is 3.15. The third kappa shape index (κ3) is 2.31. The zero-order valence-corrected chi connectivity index (χ0v) is 12.0. The lowest BCUT2D eigenvalue weighted by atomic mass is 9.87. The van der Waals surface area contributed by atoms with Gasteiger partial charge in [0.15, 0.2) is 0 Å². The van der Waals surface area contributed by atoms with E-state index in [0.29, 0.717) is 6.04 Å². The second kappa shape index (κ2) is 4.69. The number of hydrogen-bond donors (Lipinski definition) is 1. The molecule has 1 atom stereocenters. The van der Waals surface area contributed by atoms with Crippen molar-refractivity contribution >= 4 is 28.1 Å². The molecule has 1 heterocycles. The molecule has 1 fully saturated rings. The fourth-order valence-corrected chi connectivity index (χ4v) is 2.81. The van der Waals surface area contributed by atoms with Crippen LogP contribution in [0.4, 0.5) is 5.69 Å². The molecule has 100 valence electrons. The van der Waals surface area contributed by atoms with Crippen LogP contribution < -0.4 is 5.32 Å². The van der Waals surface area contributed by atoms with Gasteiger partial charge in [0.1, 0.15) is 0 Å². The van der Waals surface area contributed by atoms with Crippen LogP contribution in [-0.4, -0.2) is 19.3 Å². The topological polar surface area (TPSA) is 21.3 Å². The van der Waals surface area contributed by atoms with Crippen LogP contribution in [0.1, 0.15) is 13.8 Å². The van der Waals surface area contributed by atoms with Crippen LogP contribution in [0.3, 0.4) is 0 Å². The summed E-state index contributed by atoms with van der Waals surface area (Å²) >= 11 is 6.25. The van der Waals surface area contributed by atoms with E-state index >= 15 is 0 Å². The molecule has 1 N–H and O–H groups in total. The van der Waals surface area contributed by atoms with Crippen molar-refractivity contribution in [1.29, 1.82) is 0 Å². The molecule has 0 aliphatic carbocycles. The van der Waals surface area contributed by atoms with Crippen molar-refractivity contribution in [3.05, 3.63) is 41.4 Å². The van der Waals surface area contributed by atoms with Crippen LogP contribution in [0.15, 0.2) is 36.4 Å². The van der Waals surface area contributed by atoms with E-state index in [-0.39, 0.29) is 5.41 Å². The van der Waals surface area contributed by atoms with Gasteiger partial charge in [-0.05, 0) is 12.1 Å². The van der Waals surface area contributed by atoms with Crippen LogP contribution in [0.5, 0.6) is 0 Å². The molecule has 1 saturated heterocycles. The lowest BCUT2D eigenvalue weighted by Gasteiger charge is -2.27. The van der Waals surface area contributed by atoms with Crippen LogP contribution in [-0.2, 0) is 4.74 Å². The van der Waals surface area contributed by atoms with Gasteiger partial charge < -0.3 is 10.1 Å². The van der Waals surface area contributed by atoms with Gasteiger partial charge in [0, 0.05) is 26.9 Å². The van der Waals surface area contributed by atoms with Gasteiger partial charge in [0.2, 0.25) is 0 Å². The van der Waals surface area contributed by atoms with Crippen LogP contribution in [0.2, 0.25) is 5.02 Å². The molecule has 0 spiro atoms. The molecule has 0 aromatic heterocycles. The van der Waals surface area contributed by atoms with E-state index in [4.69, 9.17) is 16.3 Å². The predicted octanol–water partition coefficient (Wildman–Crippen LogP) is 4.33. The molecule has 0 radical (unpaired) electrons. The first kappa shape index (κ1) is 12.8. The summed E-state index contributed by atoms with van der Waals surface area (Å²) in [5.41, 5.74) is 1.28. The number of nitrogens with one attached hydrogen (secondary N) is 1. The summed E-state index contributed by atoms with van der Waals surface area (Å²) in [5.74, 6) is 0. The van der Waals surface area contributed by atoms with E-state index in [1.165, 1.54) is 0 Å². The van der Waals surface area contributed by atoms with E-state index in [9.17, 15) is 0 Å². The largest absolute Gasteiger partial charge is 0.379 e. The molecule has 2 nitrogen and oxygen atoms in total. The molecule has 19 heavy (non-hydrogen) atoms. The Balaban J connectivity index is 2.00. The SMILES string of the molecule is CC1(C)COCC1Nc1ccc(Cl)c2ccccc12. The normalized spacial score (nSPS) is 21.7. The van der Waals surface area contributed by atoms with Crippen LogP contribution in [0, 0.1) is 5.41 Å². The van der Waals surface area contributed by atoms with Gasteiger partial charge in [0.25, 0.3) is 0 Å². The Hall–Kier alpha value is -1.25. The van der Waals surface area contributed by atoms with Gasteiger partial charge in [-0.3, -0.25) is 0 Å². The molecule has 0 amide bonds. The van der Waals surface area contributed by atoms with Gasteiger partial charge in [-0.1, -0.05) is 49.7 Å². The smallest absolute Gasteiger partial charge is 0.0674 e. The summed E-state index contributed by atoms with van der Waals surface area (Å²) in [7, 11) is 0. The van der Waals surface area contributed by atoms with Crippen molar-refractivity contribution in [2.24, 2.45) is 5.41 Å². The minimum atomic E-state index is 0.154. The summed E-state index contributed by atoms with van der Waals surface area (Å²) in [6.45, 7) is 6.02. The Bertz CT molecular complexity index is 609. The number of anilines is 1. The van der Waals surface area contributed by atoms with Crippen molar-refractivity contribution in [3.8, 4) is 0 Å². The second-order valence-electron chi connectivity index (χ2n) is 5.84. The standard InChI is InChI=1S/C16H18ClNO/c1-16(2)10-19-9-15(16)18-14-8-7-13(17)11-5-3-4-6-12(11)14/h3-8,15,18H,9-10H2,1-2H3. The third-order valence-corrected chi connectivity index (χ3v) is 4.23. The van der Waals surface area contributed by atoms with Gasteiger partial charge in [-0.2, -0.15) is 0 Å².